The van der Waals surface area contributed by atoms with Crippen molar-refractivity contribution in [3.05, 3.63) is 59.4 Å². The molecule has 0 bridgehead atoms. The molecule has 1 heterocycles. The van der Waals surface area contributed by atoms with Crippen molar-refractivity contribution in [1.29, 1.82) is 0 Å². The van der Waals surface area contributed by atoms with Crippen LogP contribution in [0.25, 0.3) is 0 Å². The smallest absolute Gasteiger partial charge is 0.128 e. The molecule has 0 aromatic rings. The van der Waals surface area contributed by atoms with Crippen LogP contribution in [0.1, 0.15) is 27.2 Å². The van der Waals surface area contributed by atoms with Gasteiger partial charge in [-0.05, 0) is 44.1 Å². The Morgan fingerprint density at radius 1 is 1.38 bits per heavy atom. The lowest BCUT2D eigenvalue weighted by Gasteiger charge is -2.34. The highest BCUT2D eigenvalue weighted by molar-refractivity contribution is 5.59. The summed E-state index contributed by atoms with van der Waals surface area (Å²) in [6.07, 6.45) is 11.3. The van der Waals surface area contributed by atoms with Crippen LogP contribution in [0, 0.1) is 0 Å². The van der Waals surface area contributed by atoms with Crippen molar-refractivity contribution in [1.82, 2.24) is 0 Å². The number of rotatable bonds is 1. The van der Waals surface area contributed by atoms with Gasteiger partial charge >= 0.3 is 0 Å². The summed E-state index contributed by atoms with van der Waals surface area (Å²) in [4.78, 5) is 0. The van der Waals surface area contributed by atoms with Crippen LogP contribution in [0.3, 0.4) is 0 Å². The SMILES string of the molecule is C=C1CC(C)(C)OC2=C/C(=C\C=C\C)C=C12. The molecular formula is C15H18O. The molecule has 0 N–H and O–H groups in total. The highest BCUT2D eigenvalue weighted by atomic mass is 16.5. The topological polar surface area (TPSA) is 9.23 Å². The Morgan fingerprint density at radius 3 is 2.81 bits per heavy atom. The van der Waals surface area contributed by atoms with Crippen LogP contribution in [0.4, 0.5) is 0 Å². The Morgan fingerprint density at radius 2 is 2.12 bits per heavy atom. The van der Waals surface area contributed by atoms with E-state index in [0.29, 0.717) is 0 Å². The molecular weight excluding hydrogens is 196 g/mol. The molecule has 84 valence electrons. The lowest BCUT2D eigenvalue weighted by Crippen LogP contribution is -2.29. The van der Waals surface area contributed by atoms with E-state index in [2.05, 4.69) is 38.7 Å². The van der Waals surface area contributed by atoms with Crippen LogP contribution in [0.2, 0.25) is 0 Å². The zero-order chi connectivity index (χ0) is 11.8. The van der Waals surface area contributed by atoms with Crippen molar-refractivity contribution in [3.8, 4) is 0 Å². The summed E-state index contributed by atoms with van der Waals surface area (Å²) in [5, 5.41) is 0. The molecule has 0 amide bonds. The number of hydrogen-bond donors (Lipinski definition) is 0. The van der Waals surface area contributed by atoms with E-state index in [1.807, 2.05) is 19.1 Å². The summed E-state index contributed by atoms with van der Waals surface area (Å²) >= 11 is 0. The van der Waals surface area contributed by atoms with Crippen LogP contribution < -0.4 is 0 Å². The van der Waals surface area contributed by atoms with Crippen LogP contribution in [-0.4, -0.2) is 5.60 Å². The zero-order valence-corrected chi connectivity index (χ0v) is 10.2. The minimum Gasteiger partial charge on any atom is -0.487 e. The molecule has 1 saturated heterocycles. The van der Waals surface area contributed by atoms with Gasteiger partial charge in [0.25, 0.3) is 0 Å². The average Bonchev–Trinajstić information content (AvgIpc) is 2.56. The highest BCUT2D eigenvalue weighted by Gasteiger charge is 2.32. The van der Waals surface area contributed by atoms with Crippen LogP contribution in [0.5, 0.6) is 0 Å². The Bertz CT molecular complexity index is 442. The lowest BCUT2D eigenvalue weighted by molar-refractivity contribution is 0.0306. The average molecular weight is 214 g/mol. The van der Waals surface area contributed by atoms with E-state index in [1.165, 1.54) is 11.1 Å². The molecule has 0 spiro atoms. The Labute approximate surface area is 97.5 Å². The predicted molar refractivity (Wildman–Crippen MR) is 68.0 cm³/mol. The van der Waals surface area contributed by atoms with Gasteiger partial charge in [0.1, 0.15) is 11.4 Å². The van der Waals surface area contributed by atoms with Gasteiger partial charge in [-0.1, -0.05) is 24.8 Å². The second-order valence-corrected chi connectivity index (χ2v) is 4.90. The van der Waals surface area contributed by atoms with Crippen molar-refractivity contribution < 1.29 is 4.74 Å². The van der Waals surface area contributed by atoms with Crippen molar-refractivity contribution in [2.24, 2.45) is 0 Å². The van der Waals surface area contributed by atoms with Crippen molar-refractivity contribution in [2.75, 3.05) is 0 Å². The van der Waals surface area contributed by atoms with E-state index in [-0.39, 0.29) is 5.60 Å². The summed E-state index contributed by atoms with van der Waals surface area (Å²) in [5.41, 5.74) is 3.39. The number of allylic oxidation sites excluding steroid dienone is 7. The molecule has 0 atom stereocenters. The van der Waals surface area contributed by atoms with Crippen LogP contribution in [-0.2, 0) is 4.74 Å². The van der Waals surface area contributed by atoms with Crippen LogP contribution in [0.15, 0.2) is 59.4 Å². The van der Waals surface area contributed by atoms with Gasteiger partial charge in [0, 0.05) is 12.0 Å². The number of fused-ring (bicyclic) bond motifs is 1. The van der Waals surface area contributed by atoms with Gasteiger partial charge in [0.15, 0.2) is 0 Å². The standard InChI is InChI=1S/C15H18O/c1-5-6-7-12-8-13-11(2)10-15(3,4)16-14(13)9-12/h5-9H,2,10H2,1,3-4H3/b6-5+,12-7-. The molecule has 1 nitrogen and oxygen atoms in total. The normalized spacial score (nSPS) is 25.4. The summed E-state index contributed by atoms with van der Waals surface area (Å²) < 4.78 is 5.95. The molecule has 0 aromatic carbocycles. The second kappa shape index (κ2) is 3.82. The van der Waals surface area contributed by atoms with E-state index < -0.39 is 0 Å². The minimum atomic E-state index is -0.129. The first-order valence-corrected chi connectivity index (χ1v) is 5.66. The summed E-state index contributed by atoms with van der Waals surface area (Å²) in [6, 6.07) is 0. The molecule has 16 heavy (non-hydrogen) atoms. The van der Waals surface area contributed by atoms with E-state index in [9.17, 15) is 0 Å². The summed E-state index contributed by atoms with van der Waals surface area (Å²) in [6.45, 7) is 10.3. The Balaban J connectivity index is 2.33. The third-order valence-corrected chi connectivity index (χ3v) is 2.76. The fourth-order valence-corrected chi connectivity index (χ4v) is 2.12. The first kappa shape index (κ1) is 11.0. The fraction of sp³-hybridized carbons (Fsp3) is 0.333. The maximum absolute atomic E-state index is 5.95. The first-order chi connectivity index (χ1) is 7.52. The molecule has 0 saturated carbocycles. The number of ether oxygens (including phenoxy) is 1. The Hall–Kier alpha value is -1.50. The number of hydrogen-bond acceptors (Lipinski definition) is 1. The van der Waals surface area contributed by atoms with E-state index >= 15 is 0 Å². The van der Waals surface area contributed by atoms with Gasteiger partial charge in [-0.15, -0.1) is 0 Å². The molecule has 2 aliphatic rings. The molecule has 0 radical (unpaired) electrons. The molecule has 1 heteroatoms. The predicted octanol–water partition coefficient (Wildman–Crippen LogP) is 4.07. The van der Waals surface area contributed by atoms with Crippen molar-refractivity contribution in [3.63, 3.8) is 0 Å². The van der Waals surface area contributed by atoms with Gasteiger partial charge in [0.05, 0.1) is 0 Å². The molecule has 2 rings (SSSR count). The van der Waals surface area contributed by atoms with Gasteiger partial charge in [-0.25, -0.2) is 0 Å². The lowest BCUT2D eigenvalue weighted by atomic mass is 9.90. The van der Waals surface area contributed by atoms with E-state index in [4.69, 9.17) is 4.74 Å². The second-order valence-electron chi connectivity index (χ2n) is 4.90. The van der Waals surface area contributed by atoms with Crippen LogP contribution >= 0.6 is 0 Å². The molecule has 0 aromatic heterocycles. The quantitative estimate of drug-likeness (QED) is 0.639. The highest BCUT2D eigenvalue weighted by Crippen LogP contribution is 2.41. The largest absolute Gasteiger partial charge is 0.487 e. The Kier molecular flexibility index (Phi) is 2.63. The third kappa shape index (κ3) is 2.04. The third-order valence-electron chi connectivity index (χ3n) is 2.76. The molecule has 1 aliphatic carbocycles. The van der Waals surface area contributed by atoms with E-state index in [0.717, 1.165) is 17.8 Å². The monoisotopic (exact) mass is 214 g/mol. The van der Waals surface area contributed by atoms with Crippen molar-refractivity contribution >= 4 is 0 Å². The van der Waals surface area contributed by atoms with Crippen molar-refractivity contribution in [2.45, 2.75) is 32.8 Å². The molecule has 1 aliphatic heterocycles. The maximum atomic E-state index is 5.95. The summed E-state index contributed by atoms with van der Waals surface area (Å²) in [5.74, 6) is 0.969. The molecule has 0 unspecified atom stereocenters. The van der Waals surface area contributed by atoms with Gasteiger partial charge in [0.2, 0.25) is 0 Å². The van der Waals surface area contributed by atoms with Gasteiger partial charge in [-0.2, -0.15) is 0 Å². The maximum Gasteiger partial charge on any atom is 0.128 e. The van der Waals surface area contributed by atoms with E-state index in [1.54, 1.807) is 0 Å². The molecule has 1 fully saturated rings. The van der Waals surface area contributed by atoms with Gasteiger partial charge in [-0.3, -0.25) is 0 Å². The van der Waals surface area contributed by atoms with Gasteiger partial charge < -0.3 is 4.74 Å². The summed E-state index contributed by atoms with van der Waals surface area (Å²) in [7, 11) is 0. The minimum absolute atomic E-state index is 0.129. The fourth-order valence-electron chi connectivity index (χ4n) is 2.12. The first-order valence-electron chi connectivity index (χ1n) is 5.66. The zero-order valence-electron chi connectivity index (χ0n) is 10.2.